The van der Waals surface area contributed by atoms with E-state index in [0.29, 0.717) is 13.0 Å². The lowest BCUT2D eigenvalue weighted by Crippen LogP contribution is -2.04. The van der Waals surface area contributed by atoms with Gasteiger partial charge in [0, 0.05) is 136 Å². The Labute approximate surface area is 516 Å². The molecule has 89 heavy (non-hydrogen) atoms. The van der Waals surface area contributed by atoms with Gasteiger partial charge < -0.3 is 5.11 Å². The molecule has 0 saturated heterocycles. The van der Waals surface area contributed by atoms with Gasteiger partial charge in [-0.05, 0) is 90.0 Å². The van der Waals surface area contributed by atoms with Crippen LogP contribution in [-0.4, -0.2) is 71.0 Å². The van der Waals surface area contributed by atoms with Gasteiger partial charge in [0.1, 0.15) is 0 Å². The van der Waals surface area contributed by atoms with Crippen LogP contribution in [0, 0.1) is 0 Å². The smallest absolute Gasteiger partial charge is 0.182 e. The number of aliphatic hydroxyl groups excluding tert-OH is 1. The zero-order valence-electron chi connectivity index (χ0n) is 49.3. The van der Waals surface area contributed by atoms with Gasteiger partial charge in [-0.25, -0.2) is 24.3 Å². The summed E-state index contributed by atoms with van der Waals surface area (Å²) in [7, 11) is 0. The molecule has 9 heterocycles. The first-order valence-corrected chi connectivity index (χ1v) is 29.9. The summed E-state index contributed by atoms with van der Waals surface area (Å²) >= 11 is 0. The van der Waals surface area contributed by atoms with E-state index in [1.807, 2.05) is 161 Å². The maximum Gasteiger partial charge on any atom is 0.182 e. The molecule has 0 atom stereocenters. The number of hydrogen-bond acceptors (Lipinski definition) is 10. The number of aromatic nitrogens is 12. The average Bonchev–Trinajstić information content (AvgIpc) is 1.86. The predicted octanol–water partition coefficient (Wildman–Crippen LogP) is 16.9. The number of aliphatic hydroxyl groups is 1. The molecule has 13 heteroatoms. The van der Waals surface area contributed by atoms with E-state index in [1.54, 1.807) is 0 Å². The molecule has 0 saturated carbocycles. The van der Waals surface area contributed by atoms with Crippen molar-refractivity contribution in [1.29, 1.82) is 0 Å². The number of nitrogens with zero attached hydrogens (tertiary/aromatic N) is 12. The Morgan fingerprint density at radius 2 is 0.663 bits per heavy atom. The van der Waals surface area contributed by atoms with Crippen molar-refractivity contribution in [2.45, 2.75) is 39.9 Å². The van der Waals surface area contributed by atoms with E-state index >= 15 is 0 Å². The van der Waals surface area contributed by atoms with Crippen LogP contribution in [0.1, 0.15) is 20.3 Å². The van der Waals surface area contributed by atoms with E-state index in [1.165, 1.54) is 0 Å². The van der Waals surface area contributed by atoms with Crippen LogP contribution in [0.2, 0.25) is 0 Å². The van der Waals surface area contributed by atoms with Crippen LogP contribution < -0.4 is 0 Å². The van der Waals surface area contributed by atoms with Gasteiger partial charge in [0.05, 0.1) is 29.5 Å². The monoisotopic (exact) mass is 1160 g/mol. The van der Waals surface area contributed by atoms with Crippen LogP contribution in [0.25, 0.3) is 134 Å². The Morgan fingerprint density at radius 1 is 0.337 bits per heavy atom. The first-order valence-electron chi connectivity index (χ1n) is 29.9. The molecule has 15 aromatic rings. The highest BCUT2D eigenvalue weighted by Gasteiger charge is 2.25. The Morgan fingerprint density at radius 3 is 1.02 bits per heavy atom. The molecular formula is C76H62N12O. The van der Waals surface area contributed by atoms with Crippen LogP contribution in [0.3, 0.4) is 0 Å². The van der Waals surface area contributed by atoms with Crippen LogP contribution in [0.15, 0.2) is 274 Å². The summed E-state index contributed by atoms with van der Waals surface area (Å²) < 4.78 is 5.81. The Kier molecular flexibility index (Phi) is 16.9. The third-order valence-corrected chi connectivity index (χ3v) is 15.7. The van der Waals surface area contributed by atoms with Crippen molar-refractivity contribution in [2.75, 3.05) is 6.61 Å². The summed E-state index contributed by atoms with van der Waals surface area (Å²) in [5.74, 6) is 0. The van der Waals surface area contributed by atoms with Crippen LogP contribution in [-0.2, 0) is 19.6 Å². The van der Waals surface area contributed by atoms with Crippen molar-refractivity contribution >= 4 is 33.1 Å². The summed E-state index contributed by atoms with van der Waals surface area (Å²) in [6, 6.07) is 74.5. The highest BCUT2D eigenvalue weighted by atomic mass is 16.3. The Bertz CT molecular complexity index is 4710. The number of aryl methyl sites for hydroxylation is 3. The third kappa shape index (κ3) is 11.7. The molecular weight excluding hydrogens is 1100 g/mol. The van der Waals surface area contributed by atoms with E-state index in [2.05, 4.69) is 167 Å². The van der Waals surface area contributed by atoms with Crippen LogP contribution in [0.4, 0.5) is 0 Å². The largest absolute Gasteiger partial charge is 0.396 e. The van der Waals surface area contributed by atoms with Gasteiger partial charge in [0.25, 0.3) is 0 Å². The SMILES string of the molecule is CCn1cc2c(-c3ccccc3)c(-c3ccncc3)c(-c3ccccc3)nc2n1.CCn1ncc2c(-c3ccccc3)c(-c3ccncc3)c(-c3ccccc3)nc21.OCCCn1ncc2c(-c3ccccc3)c(-c3ccncc3)c(-c3ccccc3)nc21. The second-order valence-corrected chi connectivity index (χ2v) is 21.1. The number of benzene rings is 6. The van der Waals surface area contributed by atoms with Gasteiger partial charge in [-0.15, -0.1) is 0 Å². The van der Waals surface area contributed by atoms with Crippen LogP contribution >= 0.6 is 0 Å². The Balaban J connectivity index is 0.000000123. The van der Waals surface area contributed by atoms with E-state index in [-0.39, 0.29) is 6.61 Å². The highest BCUT2D eigenvalue weighted by molar-refractivity contribution is 6.08. The molecule has 6 aromatic carbocycles. The number of hydrogen-bond donors (Lipinski definition) is 1. The van der Waals surface area contributed by atoms with E-state index in [0.717, 1.165) is 147 Å². The maximum atomic E-state index is 9.33. The fraction of sp³-hybridized carbons (Fsp3) is 0.0921. The van der Waals surface area contributed by atoms with Crippen molar-refractivity contribution in [3.8, 4) is 101 Å². The topological polar surface area (TPSA) is 151 Å². The number of pyridine rings is 6. The molecule has 13 nitrogen and oxygen atoms in total. The number of fused-ring (bicyclic) bond motifs is 3. The van der Waals surface area contributed by atoms with Crippen molar-refractivity contribution < 1.29 is 5.11 Å². The van der Waals surface area contributed by atoms with Crippen molar-refractivity contribution in [3.63, 3.8) is 0 Å². The molecule has 0 spiro atoms. The molecule has 0 bridgehead atoms. The third-order valence-electron chi connectivity index (χ3n) is 15.7. The number of rotatable bonds is 14. The predicted molar refractivity (Wildman–Crippen MR) is 358 cm³/mol. The minimum atomic E-state index is 0.119. The lowest BCUT2D eigenvalue weighted by atomic mass is 9.90. The van der Waals surface area contributed by atoms with Gasteiger partial charge in [-0.2, -0.15) is 15.3 Å². The van der Waals surface area contributed by atoms with Gasteiger partial charge in [0.2, 0.25) is 0 Å². The first-order chi connectivity index (χ1) is 44.1. The standard InChI is InChI=1S/C26H22N4O.2C25H20N4/c31-17-7-16-30-26-22(18-28-30)23(19-8-3-1-4-9-19)24(20-12-14-27-15-13-20)25(29-26)21-10-5-2-6-11-21;1-2-29-17-21-22(18-9-5-3-6-10-18)23(19-13-15-26-16-14-19)24(27-25(21)28-29)20-11-7-4-8-12-20;1-2-29-25-21(17-27-29)22(18-9-5-3-6-10-18)23(19-13-15-26-16-14-19)24(28-25)20-11-7-4-8-12-20/h1-6,8-15,18,31H,7,16-17H2;2*3-17H,2H2,1H3. The van der Waals surface area contributed by atoms with Crippen molar-refractivity contribution in [1.82, 2.24) is 59.2 Å². The fourth-order valence-electron chi connectivity index (χ4n) is 11.6. The average molecular weight is 1160 g/mol. The van der Waals surface area contributed by atoms with Gasteiger partial charge in [-0.3, -0.25) is 19.6 Å². The van der Waals surface area contributed by atoms with Gasteiger partial charge in [-0.1, -0.05) is 182 Å². The minimum Gasteiger partial charge on any atom is -0.396 e. The Hall–Kier alpha value is -11.4. The maximum absolute atomic E-state index is 9.33. The molecule has 0 radical (unpaired) electrons. The molecule has 1 N–H and O–H groups in total. The van der Waals surface area contributed by atoms with Gasteiger partial charge in [0.15, 0.2) is 16.9 Å². The van der Waals surface area contributed by atoms with E-state index in [9.17, 15) is 5.11 Å². The summed E-state index contributed by atoms with van der Waals surface area (Å²) in [5, 5.41) is 26.4. The quantitative estimate of drug-likeness (QED) is 0.111. The van der Waals surface area contributed by atoms with Crippen LogP contribution in [0.5, 0.6) is 0 Å². The summed E-state index contributed by atoms with van der Waals surface area (Å²) in [6.07, 6.45) is 17.5. The zero-order valence-corrected chi connectivity index (χ0v) is 49.3. The fourth-order valence-corrected chi connectivity index (χ4v) is 11.6. The normalized spacial score (nSPS) is 11.1. The first kappa shape index (κ1) is 56.7. The van der Waals surface area contributed by atoms with Crippen molar-refractivity contribution in [3.05, 3.63) is 274 Å². The second kappa shape index (κ2) is 26.5. The molecule has 0 aliphatic heterocycles. The minimum absolute atomic E-state index is 0.119. The van der Waals surface area contributed by atoms with E-state index < -0.39 is 0 Å². The summed E-state index contributed by atoms with van der Waals surface area (Å²) in [4.78, 5) is 27.9. The molecule has 432 valence electrons. The highest BCUT2D eigenvalue weighted by Crippen LogP contribution is 2.46. The van der Waals surface area contributed by atoms with Gasteiger partial charge >= 0.3 is 0 Å². The molecule has 0 aliphatic rings. The van der Waals surface area contributed by atoms with E-state index in [4.69, 9.17) is 20.1 Å². The molecule has 15 rings (SSSR count). The molecule has 0 aliphatic carbocycles. The van der Waals surface area contributed by atoms with Crippen molar-refractivity contribution in [2.24, 2.45) is 0 Å². The lowest BCUT2D eigenvalue weighted by Gasteiger charge is -2.17. The second-order valence-electron chi connectivity index (χ2n) is 21.1. The summed E-state index contributed by atoms with van der Waals surface area (Å²) in [5.41, 5.74) is 21.8. The lowest BCUT2D eigenvalue weighted by molar-refractivity contribution is 0.278. The molecule has 0 unspecified atom stereocenters. The molecule has 0 fully saturated rings. The molecule has 0 amide bonds. The zero-order chi connectivity index (χ0) is 60.3. The summed E-state index contributed by atoms with van der Waals surface area (Å²) in [6.45, 7) is 6.49. The molecule has 9 aromatic heterocycles.